The van der Waals surface area contributed by atoms with Gasteiger partial charge in [-0.25, -0.2) is 9.69 Å². The molecule has 2 heterocycles. The quantitative estimate of drug-likeness (QED) is 0.844. The van der Waals surface area contributed by atoms with Crippen molar-refractivity contribution < 1.29 is 19.1 Å². The molecule has 3 rings (SSSR count). The van der Waals surface area contributed by atoms with E-state index >= 15 is 0 Å². The number of benzene rings is 1. The van der Waals surface area contributed by atoms with E-state index in [1.165, 1.54) is 0 Å². The molecular weight excluding hydrogens is 316 g/mol. The number of nitrogens with zero attached hydrogens (tertiary/aromatic N) is 2. The molecule has 3 amide bonds. The van der Waals surface area contributed by atoms with Crippen LogP contribution in [0.15, 0.2) is 30.3 Å². The largest absolute Gasteiger partial charge is 0.444 e. The molecule has 0 N–H and O–H groups in total. The topological polar surface area (TPSA) is 66.9 Å². The molecular formula is C16H18N2O4S. The Hall–Kier alpha value is -2.02. The zero-order valence-corrected chi connectivity index (χ0v) is 13.5. The van der Waals surface area contributed by atoms with Crippen LogP contribution in [0.4, 0.5) is 4.79 Å². The lowest BCUT2D eigenvalue weighted by atomic mass is 10.2. The Balaban J connectivity index is 1.64. The van der Waals surface area contributed by atoms with Crippen LogP contribution in [0.5, 0.6) is 0 Å². The number of carbonyl (C=O) groups excluding carboxylic acids is 3. The molecule has 1 atom stereocenters. The first-order valence-corrected chi connectivity index (χ1v) is 8.71. The number of ether oxygens (including phenoxy) is 1. The molecule has 0 radical (unpaired) electrons. The third-order valence-electron chi connectivity index (χ3n) is 3.96. The normalized spacial score (nSPS) is 20.9. The molecule has 122 valence electrons. The monoisotopic (exact) mass is 334 g/mol. The van der Waals surface area contributed by atoms with E-state index in [2.05, 4.69) is 0 Å². The van der Waals surface area contributed by atoms with Crippen LogP contribution in [0.25, 0.3) is 0 Å². The Labute approximate surface area is 138 Å². The summed E-state index contributed by atoms with van der Waals surface area (Å²) in [6, 6.07) is 8.53. The zero-order chi connectivity index (χ0) is 16.2. The molecule has 0 saturated carbocycles. The highest BCUT2D eigenvalue weighted by Crippen LogP contribution is 2.24. The number of likely N-dealkylation sites (tertiary alicyclic amines) is 1. The van der Waals surface area contributed by atoms with Crippen molar-refractivity contribution in [2.45, 2.75) is 25.5 Å². The van der Waals surface area contributed by atoms with Gasteiger partial charge >= 0.3 is 6.09 Å². The first-order chi connectivity index (χ1) is 11.2. The molecule has 0 unspecified atom stereocenters. The lowest BCUT2D eigenvalue weighted by Gasteiger charge is -2.25. The fourth-order valence-electron chi connectivity index (χ4n) is 2.73. The van der Waals surface area contributed by atoms with Crippen molar-refractivity contribution in [2.24, 2.45) is 0 Å². The van der Waals surface area contributed by atoms with Crippen molar-refractivity contribution in [3.63, 3.8) is 0 Å². The zero-order valence-electron chi connectivity index (χ0n) is 12.6. The third-order valence-corrected chi connectivity index (χ3v) is 4.93. The highest BCUT2D eigenvalue weighted by atomic mass is 32.2. The van der Waals surface area contributed by atoms with Crippen LogP contribution in [-0.4, -0.2) is 51.9 Å². The van der Waals surface area contributed by atoms with E-state index in [1.807, 2.05) is 30.3 Å². The SMILES string of the molecule is O=C([C@@H]1CCC(=O)N1C(=O)OCc1ccccc1)N1CCSC1. The van der Waals surface area contributed by atoms with Gasteiger partial charge in [-0.2, -0.15) is 0 Å². The number of rotatable bonds is 3. The minimum atomic E-state index is -0.735. The van der Waals surface area contributed by atoms with Gasteiger partial charge in [-0.15, -0.1) is 11.8 Å². The molecule has 2 aliphatic heterocycles. The molecule has 0 spiro atoms. The van der Waals surface area contributed by atoms with Crippen molar-refractivity contribution in [2.75, 3.05) is 18.2 Å². The Morgan fingerprint density at radius 1 is 1.26 bits per heavy atom. The predicted molar refractivity (Wildman–Crippen MR) is 85.5 cm³/mol. The molecule has 23 heavy (non-hydrogen) atoms. The van der Waals surface area contributed by atoms with Crippen molar-refractivity contribution in [1.82, 2.24) is 9.80 Å². The second kappa shape index (κ2) is 7.04. The maximum atomic E-state index is 12.5. The van der Waals surface area contributed by atoms with Crippen LogP contribution >= 0.6 is 11.8 Å². The molecule has 6 nitrogen and oxygen atoms in total. The van der Waals surface area contributed by atoms with Gasteiger partial charge in [-0.3, -0.25) is 9.59 Å². The molecule has 1 aromatic carbocycles. The molecule has 1 aromatic rings. The van der Waals surface area contributed by atoms with Gasteiger partial charge in [0.15, 0.2) is 0 Å². The summed E-state index contributed by atoms with van der Waals surface area (Å²) in [5.74, 6) is 1.02. The second-order valence-corrected chi connectivity index (χ2v) is 6.57. The van der Waals surface area contributed by atoms with Crippen LogP contribution < -0.4 is 0 Å². The van der Waals surface area contributed by atoms with E-state index in [1.54, 1.807) is 16.7 Å². The first-order valence-electron chi connectivity index (χ1n) is 7.56. The summed E-state index contributed by atoms with van der Waals surface area (Å²) in [4.78, 5) is 39.5. The van der Waals surface area contributed by atoms with Crippen molar-refractivity contribution in [1.29, 1.82) is 0 Å². The minimum Gasteiger partial charge on any atom is -0.444 e. The Bertz CT molecular complexity index is 601. The van der Waals surface area contributed by atoms with Gasteiger partial charge in [0.25, 0.3) is 0 Å². The van der Waals surface area contributed by atoms with Gasteiger partial charge in [0, 0.05) is 18.7 Å². The maximum absolute atomic E-state index is 12.5. The molecule has 2 fully saturated rings. The average molecular weight is 334 g/mol. The molecule has 2 aliphatic rings. The molecule has 0 aliphatic carbocycles. The minimum absolute atomic E-state index is 0.0872. The number of thioether (sulfide) groups is 1. The van der Waals surface area contributed by atoms with Crippen molar-refractivity contribution in [3.8, 4) is 0 Å². The van der Waals surface area contributed by atoms with Gasteiger partial charge in [0.1, 0.15) is 12.6 Å². The van der Waals surface area contributed by atoms with E-state index in [-0.39, 0.29) is 24.8 Å². The number of amides is 3. The Morgan fingerprint density at radius 3 is 2.74 bits per heavy atom. The second-order valence-electron chi connectivity index (χ2n) is 5.50. The van der Waals surface area contributed by atoms with E-state index < -0.39 is 12.1 Å². The lowest BCUT2D eigenvalue weighted by Crippen LogP contribution is -2.48. The van der Waals surface area contributed by atoms with Crippen LogP contribution in [0.3, 0.4) is 0 Å². The fraction of sp³-hybridized carbons (Fsp3) is 0.438. The summed E-state index contributed by atoms with van der Waals surface area (Å²) in [5.41, 5.74) is 0.839. The summed E-state index contributed by atoms with van der Waals surface area (Å²) >= 11 is 1.67. The van der Waals surface area contributed by atoms with E-state index in [0.717, 1.165) is 16.2 Å². The van der Waals surface area contributed by atoms with Gasteiger partial charge in [0.05, 0.1) is 5.88 Å². The van der Waals surface area contributed by atoms with Crippen molar-refractivity contribution >= 4 is 29.7 Å². The van der Waals surface area contributed by atoms with E-state index in [4.69, 9.17) is 4.74 Å². The predicted octanol–water partition coefficient (Wildman–Crippen LogP) is 1.85. The number of hydrogen-bond acceptors (Lipinski definition) is 5. The fourth-order valence-corrected chi connectivity index (χ4v) is 3.69. The van der Waals surface area contributed by atoms with Crippen LogP contribution in [-0.2, 0) is 20.9 Å². The summed E-state index contributed by atoms with van der Waals surface area (Å²) in [6.07, 6.45) is -0.154. The summed E-state index contributed by atoms with van der Waals surface area (Å²) in [6.45, 7) is 0.755. The van der Waals surface area contributed by atoms with Gasteiger partial charge in [-0.05, 0) is 12.0 Å². The van der Waals surface area contributed by atoms with Crippen LogP contribution in [0, 0.1) is 0 Å². The van der Waals surface area contributed by atoms with Crippen molar-refractivity contribution in [3.05, 3.63) is 35.9 Å². The Morgan fingerprint density at radius 2 is 2.04 bits per heavy atom. The number of carbonyl (C=O) groups is 3. The van der Waals surface area contributed by atoms with Gasteiger partial charge in [-0.1, -0.05) is 30.3 Å². The van der Waals surface area contributed by atoms with Gasteiger partial charge in [0.2, 0.25) is 11.8 Å². The standard InChI is InChI=1S/C16H18N2O4S/c19-14-7-6-13(15(20)17-8-9-23-11-17)18(14)16(21)22-10-12-4-2-1-3-5-12/h1-5,13H,6-11H2/t13-/m0/s1. The summed E-state index contributed by atoms with van der Waals surface area (Å²) < 4.78 is 5.22. The molecule has 0 aromatic heterocycles. The first kappa shape index (κ1) is 15.9. The smallest absolute Gasteiger partial charge is 0.417 e. The van der Waals surface area contributed by atoms with E-state index in [9.17, 15) is 14.4 Å². The third kappa shape index (κ3) is 3.50. The highest BCUT2D eigenvalue weighted by Gasteiger charge is 2.43. The molecule has 2 saturated heterocycles. The number of hydrogen-bond donors (Lipinski definition) is 0. The number of imide groups is 1. The molecule has 7 heteroatoms. The lowest BCUT2D eigenvalue weighted by molar-refractivity contribution is -0.139. The highest BCUT2D eigenvalue weighted by molar-refractivity contribution is 7.99. The Kier molecular flexibility index (Phi) is 4.85. The summed E-state index contributed by atoms with van der Waals surface area (Å²) in [7, 11) is 0. The van der Waals surface area contributed by atoms with Crippen LogP contribution in [0.1, 0.15) is 18.4 Å². The van der Waals surface area contributed by atoms with Gasteiger partial charge < -0.3 is 9.64 Å². The average Bonchev–Trinajstić information content (AvgIpc) is 3.22. The molecule has 0 bridgehead atoms. The summed E-state index contributed by atoms with van der Waals surface area (Å²) in [5, 5.41) is 0. The van der Waals surface area contributed by atoms with E-state index in [0.29, 0.717) is 18.8 Å². The maximum Gasteiger partial charge on any atom is 0.417 e. The van der Waals surface area contributed by atoms with Crippen LogP contribution in [0.2, 0.25) is 0 Å².